The lowest BCUT2D eigenvalue weighted by Crippen LogP contribution is -2.25. The van der Waals surface area contributed by atoms with Crippen LogP contribution in [0.4, 0.5) is 5.82 Å². The molecule has 0 aromatic carbocycles. The van der Waals surface area contributed by atoms with E-state index in [1.165, 1.54) is 0 Å². The molecule has 0 saturated carbocycles. The first-order valence-corrected chi connectivity index (χ1v) is 6.22. The Morgan fingerprint density at radius 3 is 2.84 bits per heavy atom. The number of nitrogens with zero attached hydrogens (tertiary/aromatic N) is 1. The first kappa shape index (κ1) is 15.4. The van der Waals surface area contributed by atoms with Crippen molar-refractivity contribution in [3.05, 3.63) is 23.4 Å². The molecule has 0 aliphatic heterocycles. The lowest BCUT2D eigenvalue weighted by atomic mass is 10.2. The zero-order valence-electron chi connectivity index (χ0n) is 11.4. The molecule has 1 aromatic rings. The average molecular weight is 267 g/mol. The topological polar surface area (TPSA) is 86.5 Å². The van der Waals surface area contributed by atoms with Crippen molar-refractivity contribution < 1.29 is 14.3 Å². The van der Waals surface area contributed by atoms with Gasteiger partial charge in [-0.1, -0.05) is 0 Å². The third kappa shape index (κ3) is 6.17. The molecule has 0 aliphatic rings. The van der Waals surface area contributed by atoms with Crippen LogP contribution in [-0.4, -0.2) is 44.4 Å². The Labute approximate surface area is 113 Å². The van der Waals surface area contributed by atoms with E-state index in [0.29, 0.717) is 37.7 Å². The molecule has 1 rings (SSSR count). The molecule has 0 atom stereocenters. The lowest BCUT2D eigenvalue weighted by molar-refractivity contribution is 0.0688. The lowest BCUT2D eigenvalue weighted by Gasteiger charge is -2.07. The van der Waals surface area contributed by atoms with E-state index in [1.807, 2.05) is 0 Å². The van der Waals surface area contributed by atoms with Crippen molar-refractivity contribution in [2.45, 2.75) is 13.3 Å². The van der Waals surface area contributed by atoms with Gasteiger partial charge in [-0.25, -0.2) is 4.98 Å². The molecule has 6 nitrogen and oxygen atoms in total. The maximum Gasteiger partial charge on any atom is 0.251 e. The number of nitrogens with one attached hydrogen (secondary N) is 1. The summed E-state index contributed by atoms with van der Waals surface area (Å²) in [6, 6.07) is 3.28. The van der Waals surface area contributed by atoms with Crippen LogP contribution >= 0.6 is 0 Å². The van der Waals surface area contributed by atoms with Gasteiger partial charge in [-0.05, 0) is 25.5 Å². The molecule has 0 spiro atoms. The number of amides is 1. The number of rotatable bonds is 8. The highest BCUT2D eigenvalue weighted by Gasteiger charge is 2.06. The summed E-state index contributed by atoms with van der Waals surface area (Å²) in [7, 11) is 1.63. The van der Waals surface area contributed by atoms with E-state index >= 15 is 0 Å². The van der Waals surface area contributed by atoms with Crippen molar-refractivity contribution in [2.75, 3.05) is 39.2 Å². The minimum atomic E-state index is -0.144. The van der Waals surface area contributed by atoms with Gasteiger partial charge in [0.25, 0.3) is 5.91 Å². The summed E-state index contributed by atoms with van der Waals surface area (Å²) in [4.78, 5) is 15.8. The van der Waals surface area contributed by atoms with Gasteiger partial charge in [0, 0.05) is 31.5 Å². The minimum Gasteiger partial charge on any atom is -0.384 e. The predicted molar refractivity (Wildman–Crippen MR) is 73.0 cm³/mol. The number of carbonyl (C=O) groups excluding carboxylic acids is 1. The van der Waals surface area contributed by atoms with Crippen LogP contribution in [0.15, 0.2) is 12.1 Å². The van der Waals surface area contributed by atoms with Gasteiger partial charge in [0.05, 0.1) is 13.2 Å². The van der Waals surface area contributed by atoms with Gasteiger partial charge in [0.2, 0.25) is 0 Å². The average Bonchev–Trinajstić information content (AvgIpc) is 2.36. The highest BCUT2D eigenvalue weighted by atomic mass is 16.5. The van der Waals surface area contributed by atoms with E-state index in [2.05, 4.69) is 10.3 Å². The molecular formula is C13H21N3O3. The van der Waals surface area contributed by atoms with Crippen LogP contribution in [0, 0.1) is 6.92 Å². The van der Waals surface area contributed by atoms with Gasteiger partial charge in [0.15, 0.2) is 0 Å². The van der Waals surface area contributed by atoms with E-state index in [1.54, 1.807) is 26.2 Å². The summed E-state index contributed by atoms with van der Waals surface area (Å²) in [6.07, 6.45) is 0.759. The normalized spacial score (nSPS) is 10.4. The molecule has 3 N–H and O–H groups in total. The van der Waals surface area contributed by atoms with Crippen molar-refractivity contribution in [1.29, 1.82) is 0 Å². The summed E-state index contributed by atoms with van der Waals surface area (Å²) >= 11 is 0. The van der Waals surface area contributed by atoms with Gasteiger partial charge in [0.1, 0.15) is 5.82 Å². The van der Waals surface area contributed by atoms with Gasteiger partial charge >= 0.3 is 0 Å². The van der Waals surface area contributed by atoms with Crippen LogP contribution in [-0.2, 0) is 9.47 Å². The second kappa shape index (κ2) is 8.44. The SMILES string of the molecule is COCCOCCCNC(=O)c1cc(C)nc(N)c1. The van der Waals surface area contributed by atoms with Gasteiger partial charge in [-0.2, -0.15) is 0 Å². The Hall–Kier alpha value is -1.66. The van der Waals surface area contributed by atoms with Gasteiger partial charge in [-0.15, -0.1) is 0 Å². The Balaban J connectivity index is 2.24. The molecule has 0 saturated heterocycles. The second-order valence-corrected chi connectivity index (χ2v) is 4.14. The zero-order chi connectivity index (χ0) is 14.1. The fourth-order valence-electron chi connectivity index (χ4n) is 1.55. The van der Waals surface area contributed by atoms with Crippen molar-refractivity contribution >= 4 is 11.7 Å². The first-order valence-electron chi connectivity index (χ1n) is 6.22. The van der Waals surface area contributed by atoms with E-state index in [4.69, 9.17) is 15.2 Å². The molecule has 1 amide bonds. The Morgan fingerprint density at radius 2 is 2.16 bits per heavy atom. The van der Waals surface area contributed by atoms with E-state index in [-0.39, 0.29) is 5.91 Å². The van der Waals surface area contributed by atoms with Crippen LogP contribution < -0.4 is 11.1 Å². The summed E-state index contributed by atoms with van der Waals surface area (Å²) in [6.45, 7) is 4.12. The maximum absolute atomic E-state index is 11.8. The van der Waals surface area contributed by atoms with Gasteiger partial charge < -0.3 is 20.5 Å². The molecule has 0 radical (unpaired) electrons. The van der Waals surface area contributed by atoms with Crippen molar-refractivity contribution in [3.63, 3.8) is 0 Å². The molecule has 0 unspecified atom stereocenters. The third-order valence-corrected chi connectivity index (χ3v) is 2.42. The van der Waals surface area contributed by atoms with Crippen LogP contribution in [0.3, 0.4) is 0 Å². The Kier molecular flexibility index (Phi) is 6.84. The van der Waals surface area contributed by atoms with Crippen molar-refractivity contribution in [3.8, 4) is 0 Å². The molecule has 0 fully saturated rings. The summed E-state index contributed by atoms with van der Waals surface area (Å²) < 4.78 is 10.1. The van der Waals surface area contributed by atoms with E-state index < -0.39 is 0 Å². The predicted octanol–water partition coefficient (Wildman–Crippen LogP) is 0.755. The molecule has 19 heavy (non-hydrogen) atoms. The zero-order valence-corrected chi connectivity index (χ0v) is 11.4. The van der Waals surface area contributed by atoms with Crippen LogP contribution in [0.2, 0.25) is 0 Å². The monoisotopic (exact) mass is 267 g/mol. The third-order valence-electron chi connectivity index (χ3n) is 2.42. The number of hydrogen-bond donors (Lipinski definition) is 2. The fourth-order valence-corrected chi connectivity index (χ4v) is 1.55. The number of aryl methyl sites for hydroxylation is 1. The highest BCUT2D eigenvalue weighted by molar-refractivity contribution is 5.94. The fraction of sp³-hybridized carbons (Fsp3) is 0.538. The molecule has 0 bridgehead atoms. The van der Waals surface area contributed by atoms with Gasteiger partial charge in [-0.3, -0.25) is 4.79 Å². The summed E-state index contributed by atoms with van der Waals surface area (Å²) in [5, 5.41) is 2.81. The summed E-state index contributed by atoms with van der Waals surface area (Å²) in [5.74, 6) is 0.210. The first-order chi connectivity index (χ1) is 9.13. The van der Waals surface area contributed by atoms with Crippen LogP contribution in [0.1, 0.15) is 22.5 Å². The number of ether oxygens (including phenoxy) is 2. The van der Waals surface area contributed by atoms with Crippen molar-refractivity contribution in [2.24, 2.45) is 0 Å². The number of hydrogen-bond acceptors (Lipinski definition) is 5. The number of carbonyl (C=O) groups is 1. The van der Waals surface area contributed by atoms with E-state index in [9.17, 15) is 4.79 Å². The Bertz CT molecular complexity index is 390. The van der Waals surface area contributed by atoms with E-state index in [0.717, 1.165) is 12.1 Å². The van der Waals surface area contributed by atoms with Crippen LogP contribution in [0.5, 0.6) is 0 Å². The largest absolute Gasteiger partial charge is 0.384 e. The molecule has 106 valence electrons. The number of methoxy groups -OCH3 is 1. The number of nitrogens with two attached hydrogens (primary N) is 1. The second-order valence-electron chi connectivity index (χ2n) is 4.14. The maximum atomic E-state index is 11.8. The Morgan fingerprint density at radius 1 is 1.37 bits per heavy atom. The minimum absolute atomic E-state index is 0.144. The smallest absolute Gasteiger partial charge is 0.251 e. The van der Waals surface area contributed by atoms with Crippen molar-refractivity contribution in [1.82, 2.24) is 10.3 Å². The molecule has 6 heteroatoms. The number of pyridine rings is 1. The number of aromatic nitrogens is 1. The number of nitrogen functional groups attached to an aromatic ring is 1. The highest BCUT2D eigenvalue weighted by Crippen LogP contribution is 2.06. The standard InChI is InChI=1S/C13H21N3O3/c1-10-8-11(9-12(14)16-10)13(17)15-4-3-5-19-7-6-18-2/h8-9H,3-7H2,1-2H3,(H2,14,16)(H,15,17). The summed E-state index contributed by atoms with van der Waals surface area (Å²) in [5.41, 5.74) is 6.86. The molecule has 1 heterocycles. The van der Waals surface area contributed by atoms with Crippen LogP contribution in [0.25, 0.3) is 0 Å². The quantitative estimate of drug-likeness (QED) is 0.679. The number of anilines is 1. The molecule has 1 aromatic heterocycles. The molecule has 0 aliphatic carbocycles. The molecular weight excluding hydrogens is 246 g/mol.